The minimum atomic E-state index is -0.572. The van der Waals surface area contributed by atoms with Crippen LogP contribution in [0.4, 0.5) is 0 Å². The molecule has 0 aromatic carbocycles. The zero-order valence-electron chi connectivity index (χ0n) is 8.67. The number of rotatable bonds is 1. The molecular formula is C10H16N2O2. The lowest BCUT2D eigenvalue weighted by Gasteiger charge is -2.38. The van der Waals surface area contributed by atoms with E-state index in [-0.39, 0.29) is 5.54 Å². The predicted octanol–water partition coefficient (Wildman–Crippen LogP) is -0.414. The van der Waals surface area contributed by atoms with E-state index in [9.17, 15) is 4.79 Å². The maximum atomic E-state index is 10.6. The van der Waals surface area contributed by atoms with E-state index >= 15 is 0 Å². The van der Waals surface area contributed by atoms with Crippen molar-refractivity contribution in [1.82, 2.24) is 4.90 Å². The summed E-state index contributed by atoms with van der Waals surface area (Å²) in [6, 6.07) is 0. The van der Waals surface area contributed by atoms with E-state index in [2.05, 4.69) is 11.8 Å². The van der Waals surface area contributed by atoms with Crippen LogP contribution < -0.4 is 5.73 Å². The van der Waals surface area contributed by atoms with Crippen molar-refractivity contribution in [3.63, 3.8) is 0 Å². The van der Waals surface area contributed by atoms with Crippen molar-refractivity contribution < 1.29 is 9.53 Å². The first-order valence-corrected chi connectivity index (χ1v) is 4.65. The molecule has 0 aromatic heterocycles. The average Bonchev–Trinajstić information content (AvgIpc) is 2.16. The number of nitrogens with two attached hydrogens (primary N) is 1. The average molecular weight is 196 g/mol. The number of carbonyl (C=O) groups excluding carboxylic acids is 1. The van der Waals surface area contributed by atoms with Gasteiger partial charge in [-0.15, -0.1) is 0 Å². The highest BCUT2D eigenvalue weighted by molar-refractivity contribution is 5.92. The number of amides is 1. The summed E-state index contributed by atoms with van der Waals surface area (Å²) < 4.78 is 5.27. The van der Waals surface area contributed by atoms with E-state index in [1.54, 1.807) is 0 Å². The van der Waals surface area contributed by atoms with Gasteiger partial charge in [-0.1, -0.05) is 5.92 Å². The van der Waals surface area contributed by atoms with Gasteiger partial charge in [0.1, 0.15) is 0 Å². The van der Waals surface area contributed by atoms with Gasteiger partial charge in [0.2, 0.25) is 0 Å². The standard InChI is InChI=1S/C10H16N2O2/c1-12(2)10(4-3-9(11)13)5-7-14-8-6-10/h5-8H2,1-2H3,(H2,11,13). The van der Waals surface area contributed by atoms with Gasteiger partial charge < -0.3 is 10.5 Å². The van der Waals surface area contributed by atoms with Crippen LogP contribution in [0, 0.1) is 11.8 Å². The molecule has 78 valence electrons. The maximum Gasteiger partial charge on any atom is 0.293 e. The Morgan fingerprint density at radius 1 is 1.43 bits per heavy atom. The second-order valence-electron chi connectivity index (χ2n) is 3.65. The largest absolute Gasteiger partial charge is 0.381 e. The molecule has 0 unspecified atom stereocenters. The number of ether oxygens (including phenoxy) is 1. The highest BCUT2D eigenvalue weighted by Gasteiger charge is 2.32. The van der Waals surface area contributed by atoms with Gasteiger partial charge in [0.25, 0.3) is 5.91 Å². The third-order valence-corrected chi connectivity index (χ3v) is 2.59. The van der Waals surface area contributed by atoms with Gasteiger partial charge in [-0.2, -0.15) is 0 Å². The maximum absolute atomic E-state index is 10.6. The summed E-state index contributed by atoms with van der Waals surface area (Å²) in [7, 11) is 3.92. The van der Waals surface area contributed by atoms with E-state index in [1.165, 1.54) is 0 Å². The Balaban J connectivity index is 2.82. The minimum Gasteiger partial charge on any atom is -0.381 e. The van der Waals surface area contributed by atoms with Crippen LogP contribution in [0.15, 0.2) is 0 Å². The van der Waals surface area contributed by atoms with E-state index in [0.29, 0.717) is 13.2 Å². The zero-order chi connectivity index (χ0) is 10.6. The van der Waals surface area contributed by atoms with Crippen LogP contribution in [0.5, 0.6) is 0 Å². The first-order valence-electron chi connectivity index (χ1n) is 4.65. The van der Waals surface area contributed by atoms with E-state index < -0.39 is 5.91 Å². The van der Waals surface area contributed by atoms with Gasteiger partial charge in [-0.05, 0) is 20.0 Å². The molecule has 1 aliphatic heterocycles. The summed E-state index contributed by atoms with van der Waals surface area (Å²) in [4.78, 5) is 12.6. The summed E-state index contributed by atoms with van der Waals surface area (Å²) in [5.74, 6) is 4.81. The molecule has 0 aliphatic carbocycles. The van der Waals surface area contributed by atoms with Crippen molar-refractivity contribution in [2.75, 3.05) is 27.3 Å². The molecular weight excluding hydrogens is 180 g/mol. The van der Waals surface area contributed by atoms with Crippen LogP contribution in [0.3, 0.4) is 0 Å². The lowest BCUT2D eigenvalue weighted by Crippen LogP contribution is -2.47. The quantitative estimate of drug-likeness (QED) is 0.580. The summed E-state index contributed by atoms with van der Waals surface area (Å²) in [5.41, 5.74) is 4.76. The van der Waals surface area contributed by atoms with Gasteiger partial charge in [0.15, 0.2) is 0 Å². The summed E-state index contributed by atoms with van der Waals surface area (Å²) in [6.07, 6.45) is 1.64. The van der Waals surface area contributed by atoms with Crippen LogP contribution in [-0.2, 0) is 9.53 Å². The Bertz CT molecular complexity index is 270. The second-order valence-corrected chi connectivity index (χ2v) is 3.65. The molecule has 0 radical (unpaired) electrons. The first-order chi connectivity index (χ1) is 6.57. The smallest absolute Gasteiger partial charge is 0.293 e. The van der Waals surface area contributed by atoms with Crippen LogP contribution in [-0.4, -0.2) is 43.7 Å². The van der Waals surface area contributed by atoms with E-state index in [1.807, 2.05) is 19.0 Å². The SMILES string of the molecule is CN(C)C1(C#CC(N)=O)CCOCC1. The van der Waals surface area contributed by atoms with E-state index in [4.69, 9.17) is 10.5 Å². The normalized spacial score (nSPS) is 19.9. The van der Waals surface area contributed by atoms with Gasteiger partial charge >= 0.3 is 0 Å². The van der Waals surface area contributed by atoms with Crippen LogP contribution in [0.1, 0.15) is 12.8 Å². The fourth-order valence-corrected chi connectivity index (χ4v) is 1.57. The molecule has 2 N–H and O–H groups in total. The van der Waals surface area contributed by atoms with Crippen molar-refractivity contribution in [1.29, 1.82) is 0 Å². The molecule has 1 saturated heterocycles. The highest BCUT2D eigenvalue weighted by atomic mass is 16.5. The molecule has 1 aliphatic rings. The molecule has 0 spiro atoms. The van der Waals surface area contributed by atoms with Crippen molar-refractivity contribution in [2.24, 2.45) is 5.73 Å². The molecule has 0 saturated carbocycles. The zero-order valence-corrected chi connectivity index (χ0v) is 8.67. The van der Waals surface area contributed by atoms with Crippen LogP contribution in [0.25, 0.3) is 0 Å². The molecule has 0 aromatic rings. The summed E-state index contributed by atoms with van der Waals surface area (Å²) >= 11 is 0. The van der Waals surface area contributed by atoms with Gasteiger partial charge in [0, 0.05) is 26.1 Å². The Morgan fingerprint density at radius 3 is 2.43 bits per heavy atom. The molecule has 1 heterocycles. The fraction of sp³-hybridized carbons (Fsp3) is 0.700. The topological polar surface area (TPSA) is 55.6 Å². The van der Waals surface area contributed by atoms with Gasteiger partial charge in [-0.25, -0.2) is 0 Å². The summed E-state index contributed by atoms with van der Waals surface area (Å²) in [5, 5.41) is 0. The van der Waals surface area contributed by atoms with Crippen LogP contribution >= 0.6 is 0 Å². The molecule has 1 fully saturated rings. The predicted molar refractivity (Wildman–Crippen MR) is 53.4 cm³/mol. The number of carbonyl (C=O) groups is 1. The molecule has 1 amide bonds. The third-order valence-electron chi connectivity index (χ3n) is 2.59. The Labute approximate surface area is 84.4 Å². The monoisotopic (exact) mass is 196 g/mol. The minimum absolute atomic E-state index is 0.243. The Hall–Kier alpha value is -1.05. The molecule has 14 heavy (non-hydrogen) atoms. The molecule has 0 atom stereocenters. The van der Waals surface area contributed by atoms with Gasteiger partial charge in [0.05, 0.1) is 5.54 Å². The number of nitrogens with zero attached hydrogens (tertiary/aromatic N) is 1. The third kappa shape index (κ3) is 2.47. The van der Waals surface area contributed by atoms with E-state index in [0.717, 1.165) is 12.8 Å². The number of primary amides is 1. The van der Waals surface area contributed by atoms with Gasteiger partial charge in [-0.3, -0.25) is 9.69 Å². The number of hydrogen-bond acceptors (Lipinski definition) is 3. The molecule has 4 nitrogen and oxygen atoms in total. The van der Waals surface area contributed by atoms with Crippen molar-refractivity contribution in [3.05, 3.63) is 0 Å². The lowest BCUT2D eigenvalue weighted by atomic mass is 9.89. The Kier molecular flexibility index (Phi) is 3.50. The number of hydrogen-bond donors (Lipinski definition) is 1. The van der Waals surface area contributed by atoms with Crippen molar-refractivity contribution >= 4 is 5.91 Å². The Morgan fingerprint density at radius 2 is 2.00 bits per heavy atom. The molecule has 1 rings (SSSR count). The van der Waals surface area contributed by atoms with Crippen molar-refractivity contribution in [2.45, 2.75) is 18.4 Å². The van der Waals surface area contributed by atoms with Crippen molar-refractivity contribution in [3.8, 4) is 11.8 Å². The van der Waals surface area contributed by atoms with Crippen LogP contribution in [0.2, 0.25) is 0 Å². The first kappa shape index (κ1) is 11.0. The highest BCUT2D eigenvalue weighted by Crippen LogP contribution is 2.24. The fourth-order valence-electron chi connectivity index (χ4n) is 1.57. The molecule has 0 bridgehead atoms. The second kappa shape index (κ2) is 4.45. The molecule has 4 heteroatoms. The lowest BCUT2D eigenvalue weighted by molar-refractivity contribution is -0.112. The summed E-state index contributed by atoms with van der Waals surface area (Å²) in [6.45, 7) is 1.37.